The molecule has 2 aromatic heterocycles. The molecule has 11 atom stereocenters. The van der Waals surface area contributed by atoms with Gasteiger partial charge < -0.3 is 73.8 Å². The highest BCUT2D eigenvalue weighted by molar-refractivity contribution is 5.88. The number of anilines is 1. The number of unbranched alkanes of at least 4 members (excludes halogenated alkanes) is 1. The second kappa shape index (κ2) is 14.9. The van der Waals surface area contributed by atoms with Crippen molar-refractivity contribution in [3.05, 3.63) is 16.7 Å². The van der Waals surface area contributed by atoms with E-state index >= 15 is 0 Å². The van der Waals surface area contributed by atoms with Crippen LogP contribution in [-0.2, 0) is 25.6 Å². The van der Waals surface area contributed by atoms with Gasteiger partial charge in [-0.05, 0) is 32.2 Å². The number of ether oxygens (including phenoxy) is 2. The number of H-pyrrole nitrogens is 1. The Balaban J connectivity index is 1.40. The SMILES string of the molecule is NCCCC[C@@H](NC(=O)Cn1cnc2c(=O)[nH]c(N)nc21)C(=O)NC[C@H]1O[C@H](OC2C(N)CC(N)C(O)C2O)[C@H](N)[C@@H](O)[C@@H]1O. The molecule has 20 heteroatoms. The molecule has 20 nitrogen and oxygen atoms in total. The molecule has 0 radical (unpaired) electrons. The lowest BCUT2D eigenvalue weighted by molar-refractivity contribution is -0.288. The van der Waals surface area contributed by atoms with Crippen LogP contribution < -0.4 is 44.9 Å². The van der Waals surface area contributed by atoms with Crippen LogP contribution in [0.4, 0.5) is 5.95 Å². The Morgan fingerprint density at radius 2 is 1.84 bits per heavy atom. The molecule has 4 rings (SSSR count). The highest BCUT2D eigenvalue weighted by Crippen LogP contribution is 2.27. The Labute approximate surface area is 256 Å². The molecule has 1 aliphatic heterocycles. The fourth-order valence-electron chi connectivity index (χ4n) is 5.44. The normalized spacial score (nSPS) is 32.7. The molecule has 2 fully saturated rings. The maximum absolute atomic E-state index is 13.2. The number of carbonyl (C=O) groups is 2. The van der Waals surface area contributed by atoms with Crippen LogP contribution in [0, 0.1) is 0 Å². The van der Waals surface area contributed by atoms with Crippen LogP contribution in [0.1, 0.15) is 25.7 Å². The van der Waals surface area contributed by atoms with Crippen molar-refractivity contribution in [2.45, 2.75) is 99.3 Å². The molecule has 1 saturated heterocycles. The number of aromatic amines is 1. The Kier molecular flexibility index (Phi) is 11.4. The number of rotatable bonds is 12. The Hall–Kier alpha value is -3.31. The summed E-state index contributed by atoms with van der Waals surface area (Å²) in [5, 5.41) is 47.1. The summed E-state index contributed by atoms with van der Waals surface area (Å²) in [6.07, 6.45) is -6.92. The summed E-state index contributed by atoms with van der Waals surface area (Å²) in [5.41, 5.74) is 28.6. The van der Waals surface area contributed by atoms with Gasteiger partial charge in [0.1, 0.15) is 43.1 Å². The van der Waals surface area contributed by atoms with E-state index in [1.807, 2.05) is 0 Å². The molecule has 17 N–H and O–H groups in total. The maximum Gasteiger partial charge on any atom is 0.280 e. The van der Waals surface area contributed by atoms with Crippen molar-refractivity contribution >= 4 is 28.9 Å². The van der Waals surface area contributed by atoms with Gasteiger partial charge in [-0.25, -0.2) is 4.98 Å². The average molecular weight is 642 g/mol. The minimum absolute atomic E-state index is 0.01000. The molecule has 45 heavy (non-hydrogen) atoms. The first kappa shape index (κ1) is 34.6. The van der Waals surface area contributed by atoms with Gasteiger partial charge in [-0.1, -0.05) is 0 Å². The summed E-state index contributed by atoms with van der Waals surface area (Å²) < 4.78 is 12.9. The third-order valence-electron chi connectivity index (χ3n) is 8.01. The molecule has 0 bridgehead atoms. The number of aliphatic hydroxyl groups is 4. The molecule has 5 unspecified atom stereocenters. The number of nitrogen functional groups attached to an aromatic ring is 1. The van der Waals surface area contributed by atoms with Gasteiger partial charge in [-0.2, -0.15) is 4.98 Å². The number of fused-ring (bicyclic) bond motifs is 1. The number of aliphatic hydroxyl groups excluding tert-OH is 4. The number of carbonyl (C=O) groups excluding carboxylic acids is 2. The highest BCUT2D eigenvalue weighted by atomic mass is 16.7. The van der Waals surface area contributed by atoms with E-state index in [-0.39, 0.29) is 43.0 Å². The van der Waals surface area contributed by atoms with Crippen LogP contribution in [-0.4, -0.2) is 132 Å². The molecule has 2 aliphatic rings. The summed E-state index contributed by atoms with van der Waals surface area (Å²) in [7, 11) is 0. The lowest BCUT2D eigenvalue weighted by Crippen LogP contribution is -2.67. The Morgan fingerprint density at radius 3 is 2.56 bits per heavy atom. The summed E-state index contributed by atoms with van der Waals surface area (Å²) in [4.78, 5) is 48.5. The van der Waals surface area contributed by atoms with Crippen molar-refractivity contribution in [3.63, 3.8) is 0 Å². The van der Waals surface area contributed by atoms with Gasteiger partial charge in [-0.15, -0.1) is 0 Å². The van der Waals surface area contributed by atoms with Gasteiger partial charge in [0, 0.05) is 18.6 Å². The van der Waals surface area contributed by atoms with Gasteiger partial charge in [0.15, 0.2) is 17.5 Å². The third-order valence-corrected chi connectivity index (χ3v) is 8.01. The van der Waals surface area contributed by atoms with Crippen LogP contribution in [0.5, 0.6) is 0 Å². The Bertz CT molecular complexity index is 1380. The van der Waals surface area contributed by atoms with E-state index < -0.39 is 84.5 Å². The summed E-state index contributed by atoms with van der Waals surface area (Å²) >= 11 is 0. The number of nitrogens with one attached hydrogen (secondary N) is 3. The molecule has 1 aliphatic carbocycles. The van der Waals surface area contributed by atoms with Crippen LogP contribution in [0.15, 0.2) is 11.1 Å². The number of amides is 2. The summed E-state index contributed by atoms with van der Waals surface area (Å²) in [6.45, 7) is -0.276. The number of hydrogen-bond acceptors (Lipinski definition) is 16. The van der Waals surface area contributed by atoms with Gasteiger partial charge in [0.2, 0.25) is 17.8 Å². The van der Waals surface area contributed by atoms with E-state index in [1.54, 1.807) is 0 Å². The first-order chi connectivity index (χ1) is 21.3. The van der Waals surface area contributed by atoms with Gasteiger partial charge in [0.05, 0.1) is 18.5 Å². The van der Waals surface area contributed by atoms with E-state index in [9.17, 15) is 34.8 Å². The minimum atomic E-state index is -1.55. The molecular weight excluding hydrogens is 598 g/mol. The molecule has 2 aromatic rings. The number of nitrogens with two attached hydrogens (primary N) is 5. The van der Waals surface area contributed by atoms with E-state index in [0.29, 0.717) is 19.4 Å². The standard InChI is InChI=1S/C25H43N11O9/c26-4-2-1-3-11(33-13(37)7-36-8-32-15-21(36)34-25(30)35-23(15)43)22(42)31-6-12-17(39)18(40)14(29)24(44-12)45-20-10(28)5-9(27)16(38)19(20)41/h8-12,14,16-20,24,38-41H,1-7,26-29H2,(H,31,42)(H,33,37)(H3,30,34,35,43)/t9?,10?,11-,12-,14-,16?,17-,18-,19?,20?,24-/m1/s1. The lowest BCUT2D eigenvalue weighted by Gasteiger charge is -2.46. The monoisotopic (exact) mass is 641 g/mol. The fourth-order valence-corrected chi connectivity index (χ4v) is 5.44. The fraction of sp³-hybridized carbons (Fsp3) is 0.720. The van der Waals surface area contributed by atoms with Crippen LogP contribution in [0.2, 0.25) is 0 Å². The molecule has 0 aromatic carbocycles. The quantitative estimate of drug-likeness (QED) is 0.0958. The van der Waals surface area contributed by atoms with Gasteiger partial charge in [0.25, 0.3) is 5.56 Å². The zero-order valence-electron chi connectivity index (χ0n) is 24.4. The second-order valence-corrected chi connectivity index (χ2v) is 11.4. The van der Waals surface area contributed by atoms with Gasteiger partial charge in [-0.3, -0.25) is 19.4 Å². The molecule has 0 spiro atoms. The van der Waals surface area contributed by atoms with Gasteiger partial charge >= 0.3 is 0 Å². The van der Waals surface area contributed by atoms with E-state index in [1.165, 1.54) is 10.9 Å². The smallest absolute Gasteiger partial charge is 0.280 e. The molecule has 3 heterocycles. The zero-order valence-corrected chi connectivity index (χ0v) is 24.4. The maximum atomic E-state index is 13.2. The summed E-state index contributed by atoms with van der Waals surface area (Å²) in [5.74, 6) is -1.36. The highest BCUT2D eigenvalue weighted by Gasteiger charge is 2.48. The predicted molar refractivity (Wildman–Crippen MR) is 157 cm³/mol. The second-order valence-electron chi connectivity index (χ2n) is 11.4. The first-order valence-corrected chi connectivity index (χ1v) is 14.6. The number of imidazole rings is 1. The van der Waals surface area contributed by atoms with Crippen molar-refractivity contribution in [2.24, 2.45) is 22.9 Å². The van der Waals surface area contributed by atoms with Crippen molar-refractivity contribution in [2.75, 3.05) is 18.8 Å². The molecular formula is C25H43N11O9. The van der Waals surface area contributed by atoms with Crippen molar-refractivity contribution in [1.29, 1.82) is 0 Å². The van der Waals surface area contributed by atoms with Crippen molar-refractivity contribution in [3.8, 4) is 0 Å². The van der Waals surface area contributed by atoms with Crippen LogP contribution >= 0.6 is 0 Å². The van der Waals surface area contributed by atoms with E-state index in [4.69, 9.17) is 38.1 Å². The third kappa shape index (κ3) is 7.92. The largest absolute Gasteiger partial charge is 0.389 e. The molecule has 2 amide bonds. The topological polar surface area (TPSA) is 351 Å². The molecule has 252 valence electrons. The van der Waals surface area contributed by atoms with E-state index in [0.717, 1.165) is 0 Å². The first-order valence-electron chi connectivity index (χ1n) is 14.6. The predicted octanol–water partition coefficient (Wildman–Crippen LogP) is -6.63. The van der Waals surface area contributed by atoms with Crippen molar-refractivity contribution < 1.29 is 39.5 Å². The van der Waals surface area contributed by atoms with Crippen LogP contribution in [0.3, 0.4) is 0 Å². The Morgan fingerprint density at radius 1 is 1.11 bits per heavy atom. The molecule has 1 saturated carbocycles. The van der Waals surface area contributed by atoms with Crippen LogP contribution in [0.25, 0.3) is 11.2 Å². The van der Waals surface area contributed by atoms with E-state index in [2.05, 4.69) is 25.6 Å². The number of nitrogens with zero attached hydrogens (tertiary/aromatic N) is 3. The van der Waals surface area contributed by atoms with Crippen molar-refractivity contribution in [1.82, 2.24) is 30.2 Å². The number of aromatic nitrogens is 4. The minimum Gasteiger partial charge on any atom is -0.389 e. The average Bonchev–Trinajstić information content (AvgIpc) is 3.39. The zero-order chi connectivity index (χ0) is 33.0. The number of hydrogen-bond donors (Lipinski definition) is 12. The lowest BCUT2D eigenvalue weighted by atomic mass is 9.84. The summed E-state index contributed by atoms with van der Waals surface area (Å²) in [6, 6.07) is -3.85.